The normalized spacial score (nSPS) is 9.79. The molecule has 0 aliphatic heterocycles. The van der Waals surface area contributed by atoms with Crippen LogP contribution in [0.15, 0.2) is 60.7 Å². The highest BCUT2D eigenvalue weighted by Crippen LogP contribution is 2.33. The highest BCUT2D eigenvalue weighted by molar-refractivity contribution is 6.11. The van der Waals surface area contributed by atoms with Crippen LogP contribution in [0.4, 0.5) is 11.4 Å². The summed E-state index contributed by atoms with van der Waals surface area (Å²) in [5.41, 5.74) is 1.85. The van der Waals surface area contributed by atoms with Crippen molar-refractivity contribution in [3.8, 4) is 5.75 Å². The van der Waals surface area contributed by atoms with Gasteiger partial charge < -0.3 is 15.7 Å². The maximum atomic E-state index is 12.3. The number of anilines is 2. The molecule has 0 saturated carbocycles. The Kier molecular flexibility index (Phi) is 5.79. The zero-order valence-electron chi connectivity index (χ0n) is 14.1. The van der Waals surface area contributed by atoms with Gasteiger partial charge in [-0.25, -0.2) is 0 Å². The number of phenolic OH excluding ortho intramolecular Hbond substituents is 1. The van der Waals surface area contributed by atoms with E-state index >= 15 is 0 Å². The molecule has 0 unspecified atom stereocenters. The maximum absolute atomic E-state index is 12.3. The standard InChI is InChI=1S/C18H16N2O2.C2H6/c1-19-16-9-5-8-14-13(16)10-11-15(17(14)21)18(22)20-12-6-3-2-4-7-12;1-2/h2-11,19,21H,1H3,(H,20,22);1-2H3. The van der Waals surface area contributed by atoms with Crippen molar-refractivity contribution in [3.05, 3.63) is 66.2 Å². The first-order chi connectivity index (χ1) is 11.7. The molecule has 4 heteroatoms. The van der Waals surface area contributed by atoms with Crippen LogP contribution in [0.2, 0.25) is 0 Å². The van der Waals surface area contributed by atoms with Gasteiger partial charge in [-0.3, -0.25) is 4.79 Å². The Morgan fingerprint density at radius 1 is 0.875 bits per heavy atom. The third kappa shape index (κ3) is 3.49. The summed E-state index contributed by atoms with van der Waals surface area (Å²) in [6, 6.07) is 18.2. The molecule has 0 heterocycles. The maximum Gasteiger partial charge on any atom is 0.259 e. The molecular weight excluding hydrogens is 300 g/mol. The van der Waals surface area contributed by atoms with Crippen LogP contribution >= 0.6 is 0 Å². The lowest BCUT2D eigenvalue weighted by molar-refractivity contribution is 0.102. The zero-order chi connectivity index (χ0) is 17.5. The van der Waals surface area contributed by atoms with E-state index in [9.17, 15) is 9.90 Å². The highest BCUT2D eigenvalue weighted by atomic mass is 16.3. The van der Waals surface area contributed by atoms with Crippen LogP contribution in [-0.2, 0) is 0 Å². The molecular formula is C20H22N2O2. The van der Waals surface area contributed by atoms with Gasteiger partial charge in [0.05, 0.1) is 5.56 Å². The number of amides is 1. The number of hydrogen-bond acceptors (Lipinski definition) is 3. The highest BCUT2D eigenvalue weighted by Gasteiger charge is 2.15. The second kappa shape index (κ2) is 8.02. The summed E-state index contributed by atoms with van der Waals surface area (Å²) in [4.78, 5) is 12.3. The van der Waals surface area contributed by atoms with E-state index in [1.54, 1.807) is 24.3 Å². The van der Waals surface area contributed by atoms with Crippen molar-refractivity contribution in [1.29, 1.82) is 0 Å². The van der Waals surface area contributed by atoms with Crippen LogP contribution in [0.1, 0.15) is 24.2 Å². The van der Waals surface area contributed by atoms with Gasteiger partial charge in [-0.15, -0.1) is 0 Å². The molecule has 124 valence electrons. The largest absolute Gasteiger partial charge is 0.506 e. The molecule has 0 spiro atoms. The average molecular weight is 322 g/mol. The lowest BCUT2D eigenvalue weighted by Gasteiger charge is -2.11. The van der Waals surface area contributed by atoms with E-state index in [-0.39, 0.29) is 17.2 Å². The predicted octanol–water partition coefficient (Wildman–Crippen LogP) is 4.87. The molecule has 4 nitrogen and oxygen atoms in total. The molecule has 3 rings (SSSR count). The summed E-state index contributed by atoms with van der Waals surface area (Å²) >= 11 is 0. The molecule has 0 saturated heterocycles. The Balaban J connectivity index is 0.00000100. The summed E-state index contributed by atoms with van der Waals surface area (Å²) in [5.74, 6) is -0.344. The van der Waals surface area contributed by atoms with E-state index in [0.717, 1.165) is 11.1 Å². The van der Waals surface area contributed by atoms with Crippen molar-refractivity contribution in [2.24, 2.45) is 0 Å². The second-order valence-electron chi connectivity index (χ2n) is 4.93. The van der Waals surface area contributed by atoms with E-state index in [4.69, 9.17) is 0 Å². The van der Waals surface area contributed by atoms with Crippen LogP contribution in [0.5, 0.6) is 5.75 Å². The summed E-state index contributed by atoms with van der Waals surface area (Å²) in [6.45, 7) is 4.00. The smallest absolute Gasteiger partial charge is 0.259 e. The Bertz CT molecular complexity index is 830. The number of carbonyl (C=O) groups excluding carboxylic acids is 1. The number of aromatic hydroxyl groups is 1. The van der Waals surface area contributed by atoms with Gasteiger partial charge in [0.2, 0.25) is 0 Å². The fourth-order valence-corrected chi connectivity index (χ4v) is 2.46. The third-order valence-electron chi connectivity index (χ3n) is 3.58. The average Bonchev–Trinajstić information content (AvgIpc) is 2.64. The van der Waals surface area contributed by atoms with Gasteiger partial charge in [-0.2, -0.15) is 0 Å². The molecule has 3 N–H and O–H groups in total. The first-order valence-electron chi connectivity index (χ1n) is 7.99. The molecule has 0 fully saturated rings. The fourth-order valence-electron chi connectivity index (χ4n) is 2.46. The molecule has 0 bridgehead atoms. The first kappa shape index (κ1) is 17.3. The molecule has 3 aromatic carbocycles. The van der Waals surface area contributed by atoms with Crippen LogP contribution in [0, 0.1) is 0 Å². The van der Waals surface area contributed by atoms with Crippen molar-refractivity contribution in [3.63, 3.8) is 0 Å². The lowest BCUT2D eigenvalue weighted by Crippen LogP contribution is -2.12. The summed E-state index contributed by atoms with van der Waals surface area (Å²) in [7, 11) is 1.82. The van der Waals surface area contributed by atoms with E-state index in [0.29, 0.717) is 11.1 Å². The number of hydrogen-bond donors (Lipinski definition) is 3. The van der Waals surface area contributed by atoms with Gasteiger partial charge in [0.15, 0.2) is 0 Å². The van der Waals surface area contributed by atoms with Crippen molar-refractivity contribution in [2.45, 2.75) is 13.8 Å². The van der Waals surface area contributed by atoms with Crippen molar-refractivity contribution < 1.29 is 9.90 Å². The minimum atomic E-state index is -0.333. The van der Waals surface area contributed by atoms with Gasteiger partial charge in [0.1, 0.15) is 5.75 Å². The molecule has 24 heavy (non-hydrogen) atoms. The van der Waals surface area contributed by atoms with E-state index in [1.807, 2.05) is 57.3 Å². The predicted molar refractivity (Wildman–Crippen MR) is 101 cm³/mol. The van der Waals surface area contributed by atoms with Crippen LogP contribution in [0.25, 0.3) is 10.8 Å². The number of nitrogens with one attached hydrogen (secondary N) is 2. The van der Waals surface area contributed by atoms with Gasteiger partial charge >= 0.3 is 0 Å². The number of rotatable bonds is 3. The number of para-hydroxylation sites is 1. The quantitative estimate of drug-likeness (QED) is 0.645. The third-order valence-corrected chi connectivity index (χ3v) is 3.58. The van der Waals surface area contributed by atoms with E-state index in [2.05, 4.69) is 10.6 Å². The van der Waals surface area contributed by atoms with Crippen LogP contribution < -0.4 is 10.6 Å². The van der Waals surface area contributed by atoms with Gasteiger partial charge in [0, 0.05) is 29.2 Å². The number of carbonyl (C=O) groups is 1. The molecule has 0 atom stereocenters. The topological polar surface area (TPSA) is 61.4 Å². The summed E-state index contributed by atoms with van der Waals surface area (Å²) in [6.07, 6.45) is 0. The van der Waals surface area contributed by atoms with E-state index in [1.165, 1.54) is 0 Å². The Morgan fingerprint density at radius 2 is 1.58 bits per heavy atom. The molecule has 0 aliphatic carbocycles. The molecule has 0 aliphatic rings. The second-order valence-corrected chi connectivity index (χ2v) is 4.93. The molecule has 3 aromatic rings. The summed E-state index contributed by atoms with van der Waals surface area (Å²) in [5, 5.41) is 17.8. The van der Waals surface area contributed by atoms with Crippen LogP contribution in [-0.4, -0.2) is 18.1 Å². The zero-order valence-corrected chi connectivity index (χ0v) is 14.1. The number of benzene rings is 3. The Hall–Kier alpha value is -3.01. The fraction of sp³-hybridized carbons (Fsp3) is 0.150. The van der Waals surface area contributed by atoms with Crippen molar-refractivity contribution in [1.82, 2.24) is 0 Å². The number of fused-ring (bicyclic) bond motifs is 1. The summed E-state index contributed by atoms with van der Waals surface area (Å²) < 4.78 is 0. The minimum absolute atomic E-state index is 0.0111. The minimum Gasteiger partial charge on any atom is -0.506 e. The molecule has 0 radical (unpaired) electrons. The molecule has 1 amide bonds. The van der Waals surface area contributed by atoms with Crippen molar-refractivity contribution >= 4 is 28.1 Å². The Morgan fingerprint density at radius 3 is 2.25 bits per heavy atom. The van der Waals surface area contributed by atoms with Gasteiger partial charge in [-0.1, -0.05) is 50.2 Å². The SMILES string of the molecule is CC.CNc1cccc2c(O)c(C(=O)Nc3ccccc3)ccc12. The Labute approximate surface area is 142 Å². The van der Waals surface area contributed by atoms with E-state index < -0.39 is 0 Å². The monoisotopic (exact) mass is 322 g/mol. The first-order valence-corrected chi connectivity index (χ1v) is 7.99. The van der Waals surface area contributed by atoms with Crippen LogP contribution in [0.3, 0.4) is 0 Å². The lowest BCUT2D eigenvalue weighted by atomic mass is 10.0. The van der Waals surface area contributed by atoms with Crippen molar-refractivity contribution in [2.75, 3.05) is 17.7 Å². The van der Waals surface area contributed by atoms with Gasteiger partial charge in [0.25, 0.3) is 5.91 Å². The molecule has 0 aromatic heterocycles. The number of phenols is 1. The van der Waals surface area contributed by atoms with Gasteiger partial charge in [-0.05, 0) is 24.3 Å².